The highest BCUT2D eigenvalue weighted by Gasteiger charge is 2.51. The van der Waals surface area contributed by atoms with Crippen molar-refractivity contribution in [2.75, 3.05) is 18.4 Å². The van der Waals surface area contributed by atoms with Gasteiger partial charge in [0.2, 0.25) is 10.0 Å². The van der Waals surface area contributed by atoms with Crippen molar-refractivity contribution in [2.45, 2.75) is 22.9 Å². The van der Waals surface area contributed by atoms with Crippen molar-refractivity contribution in [2.24, 2.45) is 0 Å². The zero-order chi connectivity index (χ0) is 22.7. The Bertz CT molecular complexity index is 1110. The molecular formula is C21H21F3N2O3S2. The molecule has 0 aliphatic rings. The van der Waals surface area contributed by atoms with Gasteiger partial charge in [0.05, 0.1) is 0 Å². The van der Waals surface area contributed by atoms with Crippen molar-refractivity contribution in [3.8, 4) is 11.1 Å². The number of anilines is 1. The van der Waals surface area contributed by atoms with Crippen molar-refractivity contribution in [1.82, 2.24) is 4.72 Å². The van der Waals surface area contributed by atoms with Gasteiger partial charge in [-0.15, -0.1) is 11.3 Å². The first-order chi connectivity index (χ1) is 14.5. The summed E-state index contributed by atoms with van der Waals surface area (Å²) >= 11 is 1.10. The highest BCUT2D eigenvalue weighted by Crippen LogP contribution is 2.41. The van der Waals surface area contributed by atoms with Crippen LogP contribution >= 0.6 is 11.3 Å². The van der Waals surface area contributed by atoms with Crippen molar-refractivity contribution < 1.29 is 26.7 Å². The van der Waals surface area contributed by atoms with Crippen LogP contribution in [0.5, 0.6) is 0 Å². The van der Waals surface area contributed by atoms with Gasteiger partial charge in [0, 0.05) is 24.3 Å². The molecule has 0 aliphatic carbocycles. The summed E-state index contributed by atoms with van der Waals surface area (Å²) in [5.74, 6) is 0. The van der Waals surface area contributed by atoms with Gasteiger partial charge in [-0.05, 0) is 41.6 Å². The first-order valence-corrected chi connectivity index (χ1v) is 11.6. The van der Waals surface area contributed by atoms with Crippen molar-refractivity contribution >= 4 is 27.0 Å². The number of halogens is 3. The molecule has 0 fully saturated rings. The maximum absolute atomic E-state index is 13.3. The Labute approximate surface area is 182 Å². The topological polar surface area (TPSA) is 78.4 Å². The quantitative estimate of drug-likeness (QED) is 0.422. The smallest absolute Gasteiger partial charge is 0.383 e. The molecule has 0 spiro atoms. The lowest BCUT2D eigenvalue weighted by atomic mass is 9.91. The summed E-state index contributed by atoms with van der Waals surface area (Å²) < 4.78 is 66.9. The van der Waals surface area contributed by atoms with Crippen LogP contribution in [0.1, 0.15) is 12.5 Å². The fourth-order valence-corrected chi connectivity index (χ4v) is 4.96. The molecule has 0 bridgehead atoms. The van der Waals surface area contributed by atoms with Crippen LogP contribution in [0.15, 0.2) is 70.3 Å². The molecule has 0 radical (unpaired) electrons. The third-order valence-electron chi connectivity index (χ3n) is 4.71. The largest absolute Gasteiger partial charge is 0.421 e. The van der Waals surface area contributed by atoms with E-state index in [1.54, 1.807) is 41.8 Å². The maximum atomic E-state index is 13.3. The van der Waals surface area contributed by atoms with Crippen LogP contribution in [0.3, 0.4) is 0 Å². The molecule has 1 atom stereocenters. The molecule has 0 saturated carbocycles. The Hall–Kier alpha value is -2.40. The van der Waals surface area contributed by atoms with Gasteiger partial charge in [-0.3, -0.25) is 0 Å². The van der Waals surface area contributed by atoms with Crippen molar-refractivity contribution in [3.63, 3.8) is 0 Å². The Morgan fingerprint density at radius 2 is 1.71 bits per heavy atom. The molecular weight excluding hydrogens is 449 g/mol. The van der Waals surface area contributed by atoms with Crippen LogP contribution < -0.4 is 10.0 Å². The van der Waals surface area contributed by atoms with Crippen molar-refractivity contribution in [1.29, 1.82) is 0 Å². The zero-order valence-corrected chi connectivity index (χ0v) is 18.1. The summed E-state index contributed by atoms with van der Waals surface area (Å²) in [6.45, 7) is 0.999. The van der Waals surface area contributed by atoms with Gasteiger partial charge in [0.25, 0.3) is 0 Å². The lowest BCUT2D eigenvalue weighted by Gasteiger charge is -2.28. The molecule has 2 aromatic carbocycles. The summed E-state index contributed by atoms with van der Waals surface area (Å²) in [6.07, 6.45) is -4.84. The minimum absolute atomic E-state index is 0.0798. The Kier molecular flexibility index (Phi) is 6.75. The number of nitrogens with one attached hydrogen (secondary N) is 2. The first-order valence-electron chi connectivity index (χ1n) is 9.28. The second-order valence-electron chi connectivity index (χ2n) is 6.95. The van der Waals surface area contributed by atoms with E-state index in [0.717, 1.165) is 11.3 Å². The Morgan fingerprint density at radius 3 is 2.32 bits per heavy atom. The van der Waals surface area contributed by atoms with E-state index in [4.69, 9.17) is 0 Å². The monoisotopic (exact) mass is 470 g/mol. The summed E-state index contributed by atoms with van der Waals surface area (Å²) in [5.41, 5.74) is -1.66. The SMILES string of the molecule is CC(O)(c1ccc(NCCNS(=O)(=O)c2cccs2)c(-c2ccccc2)c1)C(F)(F)F. The Morgan fingerprint density at radius 1 is 1.00 bits per heavy atom. The first kappa shape index (κ1) is 23.3. The van der Waals surface area contributed by atoms with Gasteiger partial charge in [-0.2, -0.15) is 13.2 Å². The van der Waals surface area contributed by atoms with Crippen LogP contribution in [-0.4, -0.2) is 32.8 Å². The highest BCUT2D eigenvalue weighted by molar-refractivity contribution is 7.91. The average molecular weight is 471 g/mol. The lowest BCUT2D eigenvalue weighted by Crippen LogP contribution is -2.39. The summed E-state index contributed by atoms with van der Waals surface area (Å²) in [5, 5.41) is 14.8. The fourth-order valence-electron chi connectivity index (χ4n) is 2.89. The molecule has 0 saturated heterocycles. The van der Waals surface area contributed by atoms with Crippen LogP contribution in [0.4, 0.5) is 18.9 Å². The molecule has 3 aromatic rings. The molecule has 3 rings (SSSR count). The number of alkyl halides is 3. The minimum atomic E-state index is -4.84. The molecule has 3 N–H and O–H groups in total. The van der Waals surface area contributed by atoms with E-state index in [9.17, 15) is 26.7 Å². The normalized spacial score (nSPS) is 14.2. The third kappa shape index (κ3) is 5.27. The second kappa shape index (κ2) is 8.99. The minimum Gasteiger partial charge on any atom is -0.383 e. The van der Waals surface area contributed by atoms with E-state index in [1.165, 1.54) is 24.3 Å². The van der Waals surface area contributed by atoms with Crippen LogP contribution in [0.25, 0.3) is 11.1 Å². The molecule has 1 heterocycles. The number of rotatable bonds is 8. The van der Waals surface area contributed by atoms with Crippen LogP contribution in [0.2, 0.25) is 0 Å². The number of thiophene rings is 1. The molecule has 1 unspecified atom stereocenters. The summed E-state index contributed by atoms with van der Waals surface area (Å²) in [4.78, 5) is 0. The van der Waals surface area contributed by atoms with E-state index in [2.05, 4.69) is 10.0 Å². The van der Waals surface area contributed by atoms with Gasteiger partial charge < -0.3 is 10.4 Å². The van der Waals surface area contributed by atoms with Crippen LogP contribution in [0, 0.1) is 0 Å². The summed E-state index contributed by atoms with van der Waals surface area (Å²) in [7, 11) is -3.61. The molecule has 0 aliphatic heterocycles. The average Bonchev–Trinajstić information content (AvgIpc) is 3.27. The van der Waals surface area contributed by atoms with Crippen molar-refractivity contribution in [3.05, 3.63) is 71.6 Å². The second-order valence-corrected chi connectivity index (χ2v) is 9.89. The molecule has 31 heavy (non-hydrogen) atoms. The predicted molar refractivity (Wildman–Crippen MR) is 116 cm³/mol. The molecule has 0 amide bonds. The van der Waals surface area contributed by atoms with E-state index < -0.39 is 21.8 Å². The fraction of sp³-hybridized carbons (Fsp3) is 0.238. The number of aliphatic hydroxyl groups is 1. The van der Waals surface area contributed by atoms with E-state index in [1.807, 2.05) is 0 Å². The molecule has 5 nitrogen and oxygen atoms in total. The zero-order valence-electron chi connectivity index (χ0n) is 16.5. The van der Waals surface area contributed by atoms with Gasteiger partial charge in [-0.25, -0.2) is 13.1 Å². The van der Waals surface area contributed by atoms with Crippen LogP contribution in [-0.2, 0) is 15.6 Å². The highest BCUT2D eigenvalue weighted by atomic mass is 32.2. The molecule has 10 heteroatoms. The summed E-state index contributed by atoms with van der Waals surface area (Å²) in [6, 6.07) is 15.9. The maximum Gasteiger partial charge on any atom is 0.421 e. The predicted octanol–water partition coefficient (Wildman–Crippen LogP) is 4.58. The number of benzene rings is 2. The molecule has 166 valence electrons. The number of hydrogen-bond acceptors (Lipinski definition) is 5. The third-order valence-corrected chi connectivity index (χ3v) is 7.57. The standard InChI is InChI=1S/C21H21F3N2O3S2/c1-20(27,21(22,23)24)16-9-10-18(17(14-16)15-6-3-2-4-7-15)25-11-12-26-31(28,29)19-8-5-13-30-19/h2-10,13-14,25-27H,11-12H2,1H3. The van der Waals surface area contributed by atoms with Gasteiger partial charge in [-0.1, -0.05) is 42.5 Å². The van der Waals surface area contributed by atoms with Gasteiger partial charge in [0.15, 0.2) is 5.60 Å². The van der Waals surface area contributed by atoms with Gasteiger partial charge in [0.1, 0.15) is 4.21 Å². The lowest BCUT2D eigenvalue weighted by molar-refractivity contribution is -0.258. The number of hydrogen-bond donors (Lipinski definition) is 3. The van der Waals surface area contributed by atoms with E-state index in [0.29, 0.717) is 23.7 Å². The number of sulfonamides is 1. The Balaban J connectivity index is 1.81. The van der Waals surface area contributed by atoms with E-state index in [-0.39, 0.29) is 22.9 Å². The molecule has 1 aromatic heterocycles. The van der Waals surface area contributed by atoms with E-state index >= 15 is 0 Å². The van der Waals surface area contributed by atoms with Gasteiger partial charge >= 0.3 is 6.18 Å².